The van der Waals surface area contributed by atoms with Crippen LogP contribution in [0.5, 0.6) is 5.75 Å². The Hall–Kier alpha value is -4.43. The number of carbonyl (C=O) groups excluding carboxylic acids is 1. The summed E-state index contributed by atoms with van der Waals surface area (Å²) < 4.78 is 5.84. The van der Waals surface area contributed by atoms with Crippen molar-refractivity contribution in [2.45, 2.75) is 32.2 Å². The number of amides is 1. The van der Waals surface area contributed by atoms with Crippen molar-refractivity contribution < 1.29 is 19.4 Å². The fourth-order valence-electron chi connectivity index (χ4n) is 4.94. The van der Waals surface area contributed by atoms with Gasteiger partial charge in [0, 0.05) is 39.9 Å². The minimum atomic E-state index is -1.07. The van der Waals surface area contributed by atoms with E-state index in [4.69, 9.17) is 21.4 Å². The van der Waals surface area contributed by atoms with Crippen molar-refractivity contribution >= 4 is 40.1 Å². The minimum absolute atomic E-state index is 0.225. The van der Waals surface area contributed by atoms with E-state index in [2.05, 4.69) is 10.1 Å². The van der Waals surface area contributed by atoms with Gasteiger partial charge in [-0.05, 0) is 36.8 Å². The highest BCUT2D eigenvalue weighted by molar-refractivity contribution is 6.30. The van der Waals surface area contributed by atoms with Gasteiger partial charge in [0.05, 0.1) is 30.3 Å². The third-order valence-electron chi connectivity index (χ3n) is 6.64. The quantitative estimate of drug-likeness (QED) is 0.292. The van der Waals surface area contributed by atoms with Crippen molar-refractivity contribution in [3.05, 3.63) is 99.3 Å². The molecule has 0 bridgehead atoms. The van der Waals surface area contributed by atoms with Gasteiger partial charge in [-0.3, -0.25) is 14.4 Å². The van der Waals surface area contributed by atoms with Crippen LogP contribution in [0.25, 0.3) is 22.0 Å². The third-order valence-corrected chi connectivity index (χ3v) is 6.89. The van der Waals surface area contributed by atoms with Crippen LogP contribution in [-0.4, -0.2) is 39.3 Å². The lowest BCUT2D eigenvalue weighted by atomic mass is 9.91. The molecule has 0 fully saturated rings. The molecule has 1 aliphatic heterocycles. The van der Waals surface area contributed by atoms with Gasteiger partial charge in [0.1, 0.15) is 5.75 Å². The van der Waals surface area contributed by atoms with Gasteiger partial charge < -0.3 is 14.8 Å². The summed E-state index contributed by atoms with van der Waals surface area (Å²) in [4.78, 5) is 41.1. The number of fused-ring (bicyclic) bond motifs is 1. The number of rotatable bonds is 8. The molecule has 4 aromatic rings. The Morgan fingerprint density at radius 3 is 2.49 bits per heavy atom. The van der Waals surface area contributed by atoms with Gasteiger partial charge in [-0.15, -0.1) is 0 Å². The van der Waals surface area contributed by atoms with E-state index >= 15 is 0 Å². The molecule has 0 radical (unpaired) electrons. The second-order valence-electron chi connectivity index (χ2n) is 9.13. The van der Waals surface area contributed by atoms with Crippen molar-refractivity contribution in [3.8, 4) is 16.9 Å². The van der Waals surface area contributed by atoms with Crippen LogP contribution in [-0.2, 0) is 9.59 Å². The molecule has 2 heterocycles. The summed E-state index contributed by atoms with van der Waals surface area (Å²) in [6.45, 7) is 2.30. The van der Waals surface area contributed by atoms with E-state index in [1.54, 1.807) is 12.1 Å². The molecule has 8 nitrogen and oxygen atoms in total. The molecule has 39 heavy (non-hydrogen) atoms. The number of para-hydroxylation sites is 2. The third kappa shape index (κ3) is 5.28. The van der Waals surface area contributed by atoms with E-state index < -0.39 is 17.9 Å². The van der Waals surface area contributed by atoms with Crippen LogP contribution in [0.4, 0.5) is 0 Å². The Labute approximate surface area is 229 Å². The molecule has 0 spiro atoms. The SMILES string of the molecule is CCOc1ccccc1[C@H]1CC(c2c(-c3ccc(Cl)cc3)c3ccccc3[nH]c2=O)=NN1C(=O)CCC(=O)O. The normalized spacial score (nSPS) is 14.9. The Kier molecular flexibility index (Phi) is 7.47. The van der Waals surface area contributed by atoms with E-state index in [1.807, 2.05) is 67.6 Å². The van der Waals surface area contributed by atoms with Crippen LogP contribution >= 0.6 is 11.6 Å². The van der Waals surface area contributed by atoms with Crippen molar-refractivity contribution in [1.82, 2.24) is 9.99 Å². The molecular weight excluding hydrogens is 518 g/mol. The Bertz CT molecular complexity index is 1640. The summed E-state index contributed by atoms with van der Waals surface area (Å²) >= 11 is 6.16. The fourth-order valence-corrected chi connectivity index (χ4v) is 5.07. The number of nitrogens with one attached hydrogen (secondary N) is 1. The maximum atomic E-state index is 13.6. The monoisotopic (exact) mass is 543 g/mol. The molecule has 1 aromatic heterocycles. The second-order valence-corrected chi connectivity index (χ2v) is 9.56. The highest BCUT2D eigenvalue weighted by Crippen LogP contribution is 2.40. The van der Waals surface area contributed by atoms with Crippen molar-refractivity contribution in [2.24, 2.45) is 5.10 Å². The average molecular weight is 544 g/mol. The van der Waals surface area contributed by atoms with Crippen LogP contribution in [0.1, 0.15) is 43.4 Å². The zero-order valence-electron chi connectivity index (χ0n) is 21.2. The number of aliphatic carboxylic acids is 1. The summed E-state index contributed by atoms with van der Waals surface area (Å²) in [6.07, 6.45) is -0.310. The number of aromatic nitrogens is 1. The number of pyridine rings is 1. The molecule has 0 aliphatic carbocycles. The molecule has 198 valence electrons. The smallest absolute Gasteiger partial charge is 0.303 e. The summed E-state index contributed by atoms with van der Waals surface area (Å²) in [7, 11) is 0. The van der Waals surface area contributed by atoms with Gasteiger partial charge in [0.15, 0.2) is 0 Å². The van der Waals surface area contributed by atoms with Gasteiger partial charge in [-0.1, -0.05) is 60.1 Å². The largest absolute Gasteiger partial charge is 0.494 e. The van der Waals surface area contributed by atoms with Gasteiger partial charge >= 0.3 is 5.97 Å². The average Bonchev–Trinajstić information content (AvgIpc) is 3.37. The molecule has 0 saturated carbocycles. The number of halogens is 1. The first-order valence-electron chi connectivity index (χ1n) is 12.6. The van der Waals surface area contributed by atoms with E-state index in [1.165, 1.54) is 5.01 Å². The number of carboxylic acid groups (broad SMARTS) is 1. The summed E-state index contributed by atoms with van der Waals surface area (Å²) in [5.74, 6) is -0.925. The Morgan fingerprint density at radius 2 is 1.74 bits per heavy atom. The maximum absolute atomic E-state index is 13.6. The van der Waals surface area contributed by atoms with Crippen molar-refractivity contribution in [3.63, 3.8) is 0 Å². The highest BCUT2D eigenvalue weighted by atomic mass is 35.5. The Morgan fingerprint density at radius 1 is 1.03 bits per heavy atom. The van der Waals surface area contributed by atoms with Crippen molar-refractivity contribution in [2.75, 3.05) is 6.61 Å². The first-order valence-corrected chi connectivity index (χ1v) is 13.0. The number of hydrogen-bond donors (Lipinski definition) is 2. The number of hydrazone groups is 1. The number of H-pyrrole nitrogens is 1. The van der Waals surface area contributed by atoms with Crippen LogP contribution in [0.15, 0.2) is 82.7 Å². The molecular formula is C30H26ClN3O5. The number of carbonyl (C=O) groups is 2. The Balaban J connectivity index is 1.69. The van der Waals surface area contributed by atoms with Gasteiger partial charge in [-0.2, -0.15) is 5.10 Å². The van der Waals surface area contributed by atoms with Gasteiger partial charge in [0.25, 0.3) is 5.56 Å². The van der Waals surface area contributed by atoms with Crippen molar-refractivity contribution in [1.29, 1.82) is 0 Å². The molecule has 1 atom stereocenters. The lowest BCUT2D eigenvalue weighted by molar-refractivity contribution is -0.141. The molecule has 0 saturated heterocycles. The zero-order chi connectivity index (χ0) is 27.5. The second kappa shape index (κ2) is 11.1. The fraction of sp³-hybridized carbons (Fsp3) is 0.200. The van der Waals surface area contributed by atoms with Crippen LogP contribution < -0.4 is 10.3 Å². The van der Waals surface area contributed by atoms with Crippen LogP contribution in [0.2, 0.25) is 5.02 Å². The molecule has 0 unspecified atom stereocenters. The summed E-state index contributed by atoms with van der Waals surface area (Å²) in [5, 5.41) is 16.5. The predicted molar refractivity (Wildman–Crippen MR) is 150 cm³/mol. The van der Waals surface area contributed by atoms with Gasteiger partial charge in [-0.25, -0.2) is 5.01 Å². The molecule has 1 amide bonds. The van der Waals surface area contributed by atoms with E-state index in [9.17, 15) is 14.4 Å². The van der Waals surface area contributed by atoms with E-state index in [0.29, 0.717) is 39.7 Å². The first-order chi connectivity index (χ1) is 18.9. The molecule has 1 aliphatic rings. The predicted octanol–water partition coefficient (Wildman–Crippen LogP) is 5.79. The number of carboxylic acids is 1. The summed E-state index contributed by atoms with van der Waals surface area (Å²) in [6, 6.07) is 21.5. The van der Waals surface area contributed by atoms with Crippen LogP contribution in [0.3, 0.4) is 0 Å². The number of ether oxygens (including phenoxy) is 1. The number of nitrogens with zero attached hydrogens (tertiary/aromatic N) is 2. The molecule has 2 N–H and O–H groups in total. The zero-order valence-corrected chi connectivity index (χ0v) is 21.9. The van der Waals surface area contributed by atoms with Gasteiger partial charge in [0.2, 0.25) is 5.91 Å². The lowest BCUT2D eigenvalue weighted by Gasteiger charge is -2.23. The summed E-state index contributed by atoms with van der Waals surface area (Å²) in [5.41, 5.74) is 3.29. The van der Waals surface area contributed by atoms with E-state index in [-0.39, 0.29) is 24.8 Å². The number of hydrogen-bond acceptors (Lipinski definition) is 5. The minimum Gasteiger partial charge on any atom is -0.494 e. The first kappa shape index (κ1) is 26.2. The van der Waals surface area contributed by atoms with E-state index in [0.717, 1.165) is 16.5 Å². The lowest BCUT2D eigenvalue weighted by Crippen LogP contribution is -2.27. The standard InChI is InChI=1S/C30H26ClN3O5/c1-2-39-25-10-6-4-8-21(25)24-17-23(33-34(24)26(35)15-16-27(36)37)29-28(18-11-13-19(31)14-12-18)20-7-3-5-9-22(20)32-30(29)38/h3-14,24H,2,15-17H2,1H3,(H,32,38)(H,36,37)/t24-/m1/s1. The number of aromatic amines is 1. The number of benzene rings is 3. The topological polar surface area (TPSA) is 112 Å². The van der Waals surface area contributed by atoms with Crippen LogP contribution in [0, 0.1) is 0 Å². The highest BCUT2D eigenvalue weighted by Gasteiger charge is 2.36. The molecule has 5 rings (SSSR count). The maximum Gasteiger partial charge on any atom is 0.303 e. The molecule has 3 aromatic carbocycles. The molecule has 9 heteroatoms.